The predicted octanol–water partition coefficient (Wildman–Crippen LogP) is 14.2. The number of pyridine rings is 3. The van der Waals surface area contributed by atoms with Gasteiger partial charge in [0, 0.05) is 45.6 Å². The average molecular weight is 782 g/mol. The van der Waals surface area contributed by atoms with Crippen LogP contribution in [0.15, 0.2) is 200 Å². The summed E-state index contributed by atoms with van der Waals surface area (Å²) in [5.41, 5.74) is 20.9. The molecule has 0 saturated heterocycles. The lowest BCUT2D eigenvalue weighted by Crippen LogP contribution is -2.14. The molecule has 5 nitrogen and oxygen atoms in total. The fourth-order valence-corrected chi connectivity index (χ4v) is 9.86. The molecule has 0 bridgehead atoms. The van der Waals surface area contributed by atoms with Gasteiger partial charge in [-0.1, -0.05) is 129 Å². The number of hydrogen-bond donors (Lipinski definition) is 0. The van der Waals surface area contributed by atoms with Crippen molar-refractivity contribution in [1.29, 1.82) is 0 Å². The average Bonchev–Trinajstić information content (AvgIpc) is 3.73. The highest BCUT2D eigenvalue weighted by Gasteiger charge is 2.36. The van der Waals surface area contributed by atoms with Crippen molar-refractivity contribution in [2.24, 2.45) is 0 Å². The Labute approximate surface area is 354 Å². The Morgan fingerprint density at radius 2 is 1.07 bits per heavy atom. The van der Waals surface area contributed by atoms with Gasteiger partial charge in [0.25, 0.3) is 0 Å². The quantitative estimate of drug-likeness (QED) is 0.174. The highest BCUT2D eigenvalue weighted by atomic mass is 15.2. The summed E-state index contributed by atoms with van der Waals surface area (Å²) in [6, 6.07) is 67.5. The van der Waals surface area contributed by atoms with E-state index >= 15 is 0 Å². The molecule has 0 spiro atoms. The summed E-state index contributed by atoms with van der Waals surface area (Å²) in [5.74, 6) is 0. The Kier molecular flexibility index (Phi) is 7.81. The molecule has 0 unspecified atom stereocenters. The summed E-state index contributed by atoms with van der Waals surface area (Å²) < 4.78 is 2.46. The molecule has 2 aliphatic rings. The lowest BCUT2D eigenvalue weighted by Gasteiger charge is -2.29. The van der Waals surface area contributed by atoms with Crippen LogP contribution in [0.25, 0.3) is 84.0 Å². The van der Waals surface area contributed by atoms with Gasteiger partial charge in [-0.2, -0.15) is 0 Å². The zero-order chi connectivity index (χ0) is 40.7. The second-order valence-electron chi connectivity index (χ2n) is 16.4. The highest BCUT2D eigenvalue weighted by Crippen LogP contribution is 2.55. The summed E-state index contributed by atoms with van der Waals surface area (Å²) >= 11 is 0. The number of para-hydroxylation sites is 3. The minimum atomic E-state index is -0.0221. The molecular formula is C56H39N5. The van der Waals surface area contributed by atoms with E-state index in [0.29, 0.717) is 0 Å². The summed E-state index contributed by atoms with van der Waals surface area (Å²) in [5, 5.41) is 1.19. The molecule has 61 heavy (non-hydrogen) atoms. The monoisotopic (exact) mass is 781 g/mol. The van der Waals surface area contributed by atoms with Crippen molar-refractivity contribution in [2.45, 2.75) is 19.3 Å². The molecule has 0 amide bonds. The second-order valence-corrected chi connectivity index (χ2v) is 16.4. The Morgan fingerprint density at radius 3 is 1.84 bits per heavy atom. The number of benzene rings is 6. The molecular weight excluding hydrogens is 743 g/mol. The van der Waals surface area contributed by atoms with Crippen LogP contribution >= 0.6 is 0 Å². The van der Waals surface area contributed by atoms with E-state index in [1.165, 1.54) is 44.3 Å². The lowest BCUT2D eigenvalue weighted by atomic mass is 9.82. The summed E-state index contributed by atoms with van der Waals surface area (Å²) in [6.45, 7) is 4.67. The van der Waals surface area contributed by atoms with Crippen molar-refractivity contribution in [2.75, 3.05) is 4.90 Å². The first-order valence-electron chi connectivity index (χ1n) is 20.9. The molecule has 0 radical (unpaired) electrons. The van der Waals surface area contributed by atoms with Gasteiger partial charge >= 0.3 is 0 Å². The van der Waals surface area contributed by atoms with Crippen molar-refractivity contribution >= 4 is 28.0 Å². The Morgan fingerprint density at radius 1 is 0.443 bits per heavy atom. The minimum Gasteiger partial charge on any atom is -0.309 e. The van der Waals surface area contributed by atoms with Crippen LogP contribution in [-0.4, -0.2) is 19.5 Å². The van der Waals surface area contributed by atoms with E-state index in [4.69, 9.17) is 9.97 Å². The van der Waals surface area contributed by atoms with Gasteiger partial charge in [-0.3, -0.25) is 9.97 Å². The number of anilines is 3. The third-order valence-electron chi connectivity index (χ3n) is 12.7. The predicted molar refractivity (Wildman–Crippen MR) is 250 cm³/mol. The molecule has 4 aromatic heterocycles. The number of fused-ring (bicyclic) bond motifs is 10. The van der Waals surface area contributed by atoms with E-state index in [-0.39, 0.29) is 5.41 Å². The summed E-state index contributed by atoms with van der Waals surface area (Å²) in [6.07, 6.45) is 3.64. The van der Waals surface area contributed by atoms with E-state index in [2.05, 4.69) is 180 Å². The van der Waals surface area contributed by atoms with Crippen LogP contribution in [0.5, 0.6) is 0 Å². The molecule has 1 aliphatic heterocycles. The van der Waals surface area contributed by atoms with Crippen LogP contribution in [0.3, 0.4) is 0 Å². The number of hydrogen-bond acceptors (Lipinski definition) is 4. The van der Waals surface area contributed by atoms with E-state index in [1.54, 1.807) is 0 Å². The molecule has 6 aromatic carbocycles. The van der Waals surface area contributed by atoms with Crippen LogP contribution in [0, 0.1) is 0 Å². The van der Waals surface area contributed by atoms with Gasteiger partial charge in [-0.05, 0) is 106 Å². The molecule has 12 rings (SSSR count). The standard InChI is InChI=1S/C56H39N5/c1-56(2)44-19-7-3-15-39(44)43-35-37(27-30-45(43)56)36-25-28-38(29-26-36)60-49-22-8-4-16-40(49)53-41-17-5-9-23-50(41)61(51-24-10-6-18-42(51)55(53)60)52-32-31-47(46-20-11-13-33-57-46)59-54(52)48-21-12-14-34-58-48/h3-35H,1-2H3. The molecule has 10 aromatic rings. The maximum Gasteiger partial charge on any atom is 0.113 e. The third-order valence-corrected chi connectivity index (χ3v) is 12.7. The van der Waals surface area contributed by atoms with E-state index in [9.17, 15) is 0 Å². The number of aromatic nitrogens is 4. The van der Waals surface area contributed by atoms with Gasteiger partial charge in [-0.15, -0.1) is 0 Å². The zero-order valence-corrected chi connectivity index (χ0v) is 33.8. The maximum atomic E-state index is 5.32. The van der Waals surface area contributed by atoms with Crippen molar-refractivity contribution in [3.63, 3.8) is 0 Å². The Balaban J connectivity index is 1.06. The molecule has 0 atom stereocenters. The SMILES string of the molecule is CC1(C)c2ccccc2-c2cc(-c3ccc(-n4c5c(c6ccccc64)-c4ccccc4N(c4ccc(-c6ccccn6)nc4-c4ccccn4)c4ccccc4-5)cc3)ccc21. The topological polar surface area (TPSA) is 46.8 Å². The number of rotatable bonds is 5. The summed E-state index contributed by atoms with van der Waals surface area (Å²) in [4.78, 5) is 17.2. The second kappa shape index (κ2) is 13.6. The largest absolute Gasteiger partial charge is 0.309 e. The van der Waals surface area contributed by atoms with E-state index in [0.717, 1.165) is 67.9 Å². The summed E-state index contributed by atoms with van der Waals surface area (Å²) in [7, 11) is 0. The van der Waals surface area contributed by atoms with Gasteiger partial charge in [-0.25, -0.2) is 4.98 Å². The molecule has 5 heterocycles. The van der Waals surface area contributed by atoms with E-state index in [1.807, 2.05) is 48.8 Å². The first-order chi connectivity index (χ1) is 30.0. The molecule has 0 fully saturated rings. The fourth-order valence-electron chi connectivity index (χ4n) is 9.86. The van der Waals surface area contributed by atoms with Crippen molar-refractivity contribution in [3.8, 4) is 73.1 Å². The number of nitrogens with zero attached hydrogens (tertiary/aromatic N) is 5. The lowest BCUT2D eigenvalue weighted by molar-refractivity contribution is 0.660. The van der Waals surface area contributed by atoms with Crippen molar-refractivity contribution in [1.82, 2.24) is 19.5 Å². The van der Waals surface area contributed by atoms with Gasteiger partial charge in [0.15, 0.2) is 0 Å². The van der Waals surface area contributed by atoms with Crippen LogP contribution < -0.4 is 4.90 Å². The van der Waals surface area contributed by atoms with Crippen LogP contribution in [0.2, 0.25) is 0 Å². The van der Waals surface area contributed by atoms with Crippen molar-refractivity contribution < 1.29 is 0 Å². The first kappa shape index (κ1) is 35.1. The molecule has 0 saturated carbocycles. The Bertz CT molecular complexity index is 3330. The highest BCUT2D eigenvalue weighted by molar-refractivity contribution is 6.13. The van der Waals surface area contributed by atoms with Crippen molar-refractivity contribution in [3.05, 3.63) is 212 Å². The fraction of sp³-hybridized carbons (Fsp3) is 0.0536. The minimum absolute atomic E-state index is 0.0221. The van der Waals surface area contributed by atoms with E-state index < -0.39 is 0 Å². The smallest absolute Gasteiger partial charge is 0.113 e. The van der Waals surface area contributed by atoms with Gasteiger partial charge in [0.1, 0.15) is 5.69 Å². The van der Waals surface area contributed by atoms with Crippen LogP contribution in [-0.2, 0) is 5.41 Å². The zero-order valence-electron chi connectivity index (χ0n) is 33.8. The molecule has 5 heteroatoms. The maximum absolute atomic E-state index is 5.32. The van der Waals surface area contributed by atoms with Crippen LogP contribution in [0.1, 0.15) is 25.0 Å². The van der Waals surface area contributed by atoms with Gasteiger partial charge in [0.05, 0.1) is 45.4 Å². The van der Waals surface area contributed by atoms with Crippen LogP contribution in [0.4, 0.5) is 17.1 Å². The molecule has 1 aliphatic carbocycles. The third kappa shape index (κ3) is 5.37. The normalized spacial score (nSPS) is 13.2. The van der Waals surface area contributed by atoms with Gasteiger partial charge < -0.3 is 9.47 Å². The Hall–Kier alpha value is -7.89. The molecule has 0 N–H and O–H groups in total. The molecule has 288 valence electrons. The first-order valence-corrected chi connectivity index (χ1v) is 20.9. The van der Waals surface area contributed by atoms with Gasteiger partial charge in [0.2, 0.25) is 0 Å².